The van der Waals surface area contributed by atoms with E-state index < -0.39 is 61.0 Å². The van der Waals surface area contributed by atoms with Crippen molar-refractivity contribution in [2.45, 2.75) is 68.3 Å². The van der Waals surface area contributed by atoms with Crippen molar-refractivity contribution in [2.24, 2.45) is 0 Å². The van der Waals surface area contributed by atoms with E-state index >= 15 is 0 Å². The van der Waals surface area contributed by atoms with Gasteiger partial charge in [-0.1, -0.05) is 67.4 Å². The monoisotopic (exact) mass is 588 g/mol. The number of ether oxygens (including phenoxy) is 6. The number of hydrogen-bond acceptors (Lipinski definition) is 10. The van der Waals surface area contributed by atoms with Gasteiger partial charge in [-0.05, 0) is 49.2 Å². The van der Waals surface area contributed by atoms with Gasteiger partial charge < -0.3 is 33.5 Å². The number of carbonyl (C=O) groups excluding carboxylic acids is 3. The topological polar surface area (TPSA) is 127 Å². The molecule has 43 heavy (non-hydrogen) atoms. The largest absolute Gasteiger partial charge is 0.459 e. The van der Waals surface area contributed by atoms with E-state index in [0.29, 0.717) is 18.4 Å². The first-order chi connectivity index (χ1) is 20.9. The zero-order chi connectivity index (χ0) is 29.8. The first kappa shape index (κ1) is 29.0. The van der Waals surface area contributed by atoms with E-state index in [0.717, 1.165) is 12.8 Å². The third-order valence-electron chi connectivity index (χ3n) is 7.87. The molecule has 0 radical (unpaired) electrons. The molecule has 10 heteroatoms. The van der Waals surface area contributed by atoms with E-state index in [9.17, 15) is 19.5 Å². The molecule has 3 aromatic carbocycles. The molecule has 0 aromatic heterocycles. The van der Waals surface area contributed by atoms with Crippen LogP contribution in [0.4, 0.5) is 0 Å². The Morgan fingerprint density at radius 3 is 1.79 bits per heavy atom. The van der Waals surface area contributed by atoms with Gasteiger partial charge in [-0.25, -0.2) is 14.4 Å². The Labute approximate surface area is 248 Å². The number of hydrogen-bond donors (Lipinski definition) is 1. The molecule has 1 N–H and O–H groups in total. The number of fused-ring (bicyclic) bond motifs is 2. The van der Waals surface area contributed by atoms with Gasteiger partial charge >= 0.3 is 17.9 Å². The average Bonchev–Trinajstić information content (AvgIpc) is 3.05. The molecule has 1 saturated carbocycles. The van der Waals surface area contributed by atoms with Crippen LogP contribution in [-0.2, 0) is 28.4 Å². The van der Waals surface area contributed by atoms with Crippen molar-refractivity contribution in [3.05, 3.63) is 108 Å². The number of rotatable bonds is 7. The van der Waals surface area contributed by atoms with Gasteiger partial charge in [0, 0.05) is 0 Å². The molecule has 0 unspecified atom stereocenters. The third-order valence-corrected chi connectivity index (χ3v) is 7.87. The van der Waals surface area contributed by atoms with Crippen LogP contribution in [0.5, 0.6) is 0 Å². The van der Waals surface area contributed by atoms with E-state index in [1.54, 1.807) is 91.0 Å². The second kappa shape index (κ2) is 12.6. The van der Waals surface area contributed by atoms with E-state index in [4.69, 9.17) is 28.4 Å². The Bertz CT molecular complexity index is 1420. The van der Waals surface area contributed by atoms with Crippen LogP contribution in [-0.4, -0.2) is 72.2 Å². The molecule has 3 fully saturated rings. The van der Waals surface area contributed by atoms with E-state index in [1.807, 2.05) is 0 Å². The second-order valence-corrected chi connectivity index (χ2v) is 10.8. The Morgan fingerprint density at radius 1 is 0.698 bits per heavy atom. The first-order valence-electron chi connectivity index (χ1n) is 14.4. The standard InChI is InChI=1S/C33H32O10/c34-29(21-12-4-1-5-13-21)38-20-26-27(41-30(35)22-14-6-2-7-15-22)28(42-31(36)23-16-8-3-9-17-23)33(37)32(40-26)39-24-18-10-11-19-25(24)43-33/h1-9,12-17,24-28,32,37H,10-11,18-20H2/t24-,25-,26-,27-,28+,32-,33+/m1/s1. The number of benzene rings is 3. The van der Waals surface area contributed by atoms with Gasteiger partial charge in [0.2, 0.25) is 12.4 Å². The predicted molar refractivity (Wildman–Crippen MR) is 150 cm³/mol. The summed E-state index contributed by atoms with van der Waals surface area (Å²) in [6, 6.07) is 24.8. The molecule has 0 spiro atoms. The molecular formula is C33H32O10. The van der Waals surface area contributed by atoms with Crippen molar-refractivity contribution < 1.29 is 47.9 Å². The van der Waals surface area contributed by atoms with Crippen LogP contribution >= 0.6 is 0 Å². The Kier molecular flexibility index (Phi) is 8.53. The van der Waals surface area contributed by atoms with Crippen molar-refractivity contribution in [2.75, 3.05) is 6.61 Å². The molecular weight excluding hydrogens is 556 g/mol. The first-order valence-corrected chi connectivity index (χ1v) is 14.4. The lowest BCUT2D eigenvalue weighted by atomic mass is 9.89. The normalized spacial score (nSPS) is 29.8. The summed E-state index contributed by atoms with van der Waals surface area (Å²) < 4.78 is 36.0. The summed E-state index contributed by atoms with van der Waals surface area (Å²) in [4.78, 5) is 39.5. The highest BCUT2D eigenvalue weighted by Crippen LogP contribution is 2.44. The molecule has 1 aliphatic carbocycles. The maximum absolute atomic E-state index is 13.4. The summed E-state index contributed by atoms with van der Waals surface area (Å²) in [5, 5.41) is 12.1. The van der Waals surface area contributed by atoms with Gasteiger partial charge in [-0.15, -0.1) is 0 Å². The van der Waals surface area contributed by atoms with Gasteiger partial charge in [-0.3, -0.25) is 0 Å². The highest BCUT2D eigenvalue weighted by molar-refractivity contribution is 5.91. The Hall–Kier alpha value is -4.09. The molecule has 7 atom stereocenters. The van der Waals surface area contributed by atoms with Gasteiger partial charge in [0.15, 0.2) is 6.10 Å². The smallest absolute Gasteiger partial charge is 0.338 e. The molecule has 2 heterocycles. The molecule has 2 aliphatic heterocycles. The summed E-state index contributed by atoms with van der Waals surface area (Å²) in [7, 11) is 0. The summed E-state index contributed by atoms with van der Waals surface area (Å²) in [5.74, 6) is -4.51. The number of carbonyl (C=O) groups is 3. The van der Waals surface area contributed by atoms with Crippen LogP contribution in [0.2, 0.25) is 0 Å². The van der Waals surface area contributed by atoms with Crippen LogP contribution in [0, 0.1) is 0 Å². The van der Waals surface area contributed by atoms with Crippen LogP contribution < -0.4 is 0 Å². The minimum Gasteiger partial charge on any atom is -0.459 e. The fourth-order valence-electron chi connectivity index (χ4n) is 5.67. The minimum absolute atomic E-state index is 0.210. The van der Waals surface area contributed by atoms with Crippen molar-refractivity contribution in [1.82, 2.24) is 0 Å². The van der Waals surface area contributed by atoms with Crippen molar-refractivity contribution in [3.63, 3.8) is 0 Å². The van der Waals surface area contributed by atoms with E-state index in [1.165, 1.54) is 0 Å². The summed E-state index contributed by atoms with van der Waals surface area (Å²) in [5.41, 5.74) is 0.738. The summed E-state index contributed by atoms with van der Waals surface area (Å²) in [6.45, 7) is -0.399. The zero-order valence-corrected chi connectivity index (χ0v) is 23.3. The van der Waals surface area contributed by atoms with Gasteiger partial charge in [0.1, 0.15) is 12.7 Å². The number of aliphatic hydroxyl groups is 1. The minimum atomic E-state index is -2.33. The van der Waals surface area contributed by atoms with Crippen LogP contribution in [0.25, 0.3) is 0 Å². The number of esters is 3. The summed E-state index contributed by atoms with van der Waals surface area (Å²) >= 11 is 0. The van der Waals surface area contributed by atoms with Gasteiger partial charge in [-0.2, -0.15) is 0 Å². The second-order valence-electron chi connectivity index (χ2n) is 10.8. The quantitative estimate of drug-likeness (QED) is 0.319. The lowest BCUT2D eigenvalue weighted by Gasteiger charge is -2.55. The average molecular weight is 589 g/mol. The highest BCUT2D eigenvalue weighted by Gasteiger charge is 2.65. The molecule has 2 saturated heterocycles. The molecule has 0 amide bonds. The molecule has 3 aromatic rings. The predicted octanol–water partition coefficient (Wildman–Crippen LogP) is 4.07. The van der Waals surface area contributed by atoms with E-state index in [2.05, 4.69) is 0 Å². The third kappa shape index (κ3) is 6.18. The maximum atomic E-state index is 13.4. The van der Waals surface area contributed by atoms with E-state index in [-0.39, 0.29) is 17.2 Å². The zero-order valence-electron chi connectivity index (χ0n) is 23.3. The Morgan fingerprint density at radius 2 is 1.21 bits per heavy atom. The SMILES string of the molecule is O=C(OC[C@H]1O[C@H]2O[C@@H]3CCCC[C@H]3O[C@@]2(O)[C@@H](OC(=O)c2ccccc2)[C@@H]1OC(=O)c1ccccc1)c1ccccc1. The van der Waals surface area contributed by atoms with Gasteiger partial charge in [0.25, 0.3) is 5.79 Å². The molecule has 3 aliphatic rings. The molecule has 0 bridgehead atoms. The fourth-order valence-corrected chi connectivity index (χ4v) is 5.67. The summed E-state index contributed by atoms with van der Waals surface area (Å²) in [6.07, 6.45) is -3.43. The Balaban J connectivity index is 1.35. The lowest BCUT2D eigenvalue weighted by molar-refractivity contribution is -0.464. The van der Waals surface area contributed by atoms with Crippen molar-refractivity contribution >= 4 is 17.9 Å². The highest BCUT2D eigenvalue weighted by atomic mass is 16.8. The maximum Gasteiger partial charge on any atom is 0.338 e. The molecule has 10 nitrogen and oxygen atoms in total. The fraction of sp³-hybridized carbons (Fsp3) is 0.364. The van der Waals surface area contributed by atoms with Crippen molar-refractivity contribution in [1.29, 1.82) is 0 Å². The van der Waals surface area contributed by atoms with Crippen LogP contribution in [0.15, 0.2) is 91.0 Å². The van der Waals surface area contributed by atoms with Crippen LogP contribution in [0.3, 0.4) is 0 Å². The van der Waals surface area contributed by atoms with Crippen LogP contribution in [0.1, 0.15) is 56.8 Å². The lowest BCUT2D eigenvalue weighted by Crippen LogP contribution is -2.74. The van der Waals surface area contributed by atoms with Gasteiger partial charge in [0.05, 0.1) is 28.9 Å². The van der Waals surface area contributed by atoms with Crippen molar-refractivity contribution in [3.8, 4) is 0 Å². The molecule has 224 valence electrons. The molecule has 6 rings (SSSR count).